The Labute approximate surface area is 330 Å². The molecule has 56 heavy (non-hydrogen) atoms. The molecule has 0 fully saturated rings. The van der Waals surface area contributed by atoms with Crippen LogP contribution in [0.5, 0.6) is 0 Å². The summed E-state index contributed by atoms with van der Waals surface area (Å²) in [5, 5.41) is 2.66. The first-order valence-corrected chi connectivity index (χ1v) is 20.1. The molecule has 0 unspecified atom stereocenters. The summed E-state index contributed by atoms with van der Waals surface area (Å²) in [6.07, 6.45) is 0. The molecular formula is C55H45N. The highest BCUT2D eigenvalue weighted by atomic mass is 15.1. The summed E-state index contributed by atoms with van der Waals surface area (Å²) in [7, 11) is 0. The Morgan fingerprint density at radius 3 is 1.48 bits per heavy atom. The van der Waals surface area contributed by atoms with E-state index in [1.165, 1.54) is 106 Å². The Kier molecular flexibility index (Phi) is 6.77. The standard InChI is InChI=1S/C55H45N/c1-53(2)44-22-12-10-19-39(44)41-30-27-36(32-47(41)53)56(37-28-31-42-40-20-11-13-23-45(40)54(3,4)48(42)33-37)49-25-15-21-43-51-38(34-16-8-7-9-17-34)29-26-35-18-14-24-46(50(35)51)55(5,6)52(43)49/h7-33H,1-6H3. The summed E-state index contributed by atoms with van der Waals surface area (Å²) in [4.78, 5) is 2.58. The highest BCUT2D eigenvalue weighted by Gasteiger charge is 2.41. The van der Waals surface area contributed by atoms with E-state index in [0.717, 1.165) is 0 Å². The van der Waals surface area contributed by atoms with Gasteiger partial charge in [0.1, 0.15) is 0 Å². The van der Waals surface area contributed by atoms with Crippen LogP contribution in [0.25, 0.3) is 55.3 Å². The zero-order valence-electron chi connectivity index (χ0n) is 33.0. The first-order chi connectivity index (χ1) is 27.1. The van der Waals surface area contributed by atoms with Gasteiger partial charge in [-0.1, -0.05) is 175 Å². The second-order valence-corrected chi connectivity index (χ2v) is 17.7. The molecule has 0 atom stereocenters. The summed E-state index contributed by atoms with van der Waals surface area (Å²) in [6.45, 7) is 14.4. The maximum atomic E-state index is 2.58. The van der Waals surface area contributed by atoms with Crippen molar-refractivity contribution in [3.05, 3.63) is 197 Å². The zero-order valence-corrected chi connectivity index (χ0v) is 33.0. The van der Waals surface area contributed by atoms with E-state index in [2.05, 4.69) is 210 Å². The Hall–Kier alpha value is -6.18. The number of fused-ring (bicyclic) bond motifs is 8. The summed E-state index contributed by atoms with van der Waals surface area (Å²) in [5.74, 6) is 0. The van der Waals surface area contributed by atoms with Gasteiger partial charge in [-0.05, 0) is 119 Å². The number of benzene rings is 8. The van der Waals surface area contributed by atoms with Crippen LogP contribution in [0.4, 0.5) is 17.1 Å². The van der Waals surface area contributed by atoms with Gasteiger partial charge in [0, 0.05) is 27.6 Å². The highest BCUT2D eigenvalue weighted by Crippen LogP contribution is 2.58. The topological polar surface area (TPSA) is 3.24 Å². The Morgan fingerprint density at radius 1 is 0.357 bits per heavy atom. The van der Waals surface area contributed by atoms with E-state index in [-0.39, 0.29) is 16.2 Å². The van der Waals surface area contributed by atoms with Crippen molar-refractivity contribution in [2.24, 2.45) is 0 Å². The first-order valence-electron chi connectivity index (χ1n) is 20.1. The highest BCUT2D eigenvalue weighted by molar-refractivity contribution is 6.10. The van der Waals surface area contributed by atoms with Gasteiger partial charge in [0.2, 0.25) is 0 Å². The van der Waals surface area contributed by atoms with Crippen LogP contribution in [0.3, 0.4) is 0 Å². The van der Waals surface area contributed by atoms with E-state index in [1.54, 1.807) is 0 Å². The quantitative estimate of drug-likeness (QED) is 0.175. The van der Waals surface area contributed by atoms with Gasteiger partial charge >= 0.3 is 0 Å². The van der Waals surface area contributed by atoms with Gasteiger partial charge in [-0.25, -0.2) is 0 Å². The van der Waals surface area contributed by atoms with Crippen LogP contribution in [0.2, 0.25) is 0 Å². The Balaban J connectivity index is 1.21. The van der Waals surface area contributed by atoms with Gasteiger partial charge in [-0.3, -0.25) is 0 Å². The average molecular weight is 720 g/mol. The van der Waals surface area contributed by atoms with E-state index < -0.39 is 0 Å². The van der Waals surface area contributed by atoms with Crippen LogP contribution in [0.15, 0.2) is 164 Å². The van der Waals surface area contributed by atoms with Gasteiger partial charge in [0.25, 0.3) is 0 Å². The molecule has 1 heteroatoms. The molecule has 270 valence electrons. The van der Waals surface area contributed by atoms with Crippen molar-refractivity contribution in [3.63, 3.8) is 0 Å². The third-order valence-corrected chi connectivity index (χ3v) is 13.6. The van der Waals surface area contributed by atoms with Crippen molar-refractivity contribution in [3.8, 4) is 44.5 Å². The lowest BCUT2D eigenvalue weighted by molar-refractivity contribution is 0.645. The molecular weight excluding hydrogens is 675 g/mol. The fourth-order valence-electron chi connectivity index (χ4n) is 10.9. The summed E-state index contributed by atoms with van der Waals surface area (Å²) in [6, 6.07) is 61.9. The molecule has 0 heterocycles. The molecule has 11 rings (SSSR count). The maximum Gasteiger partial charge on any atom is 0.0508 e. The largest absolute Gasteiger partial charge is 0.310 e. The van der Waals surface area contributed by atoms with E-state index in [0.29, 0.717) is 0 Å². The molecule has 0 aromatic heterocycles. The molecule has 0 spiro atoms. The average Bonchev–Trinajstić information content (AvgIpc) is 3.59. The lowest BCUT2D eigenvalue weighted by atomic mass is 9.66. The molecule has 0 aliphatic heterocycles. The minimum atomic E-state index is -0.287. The molecule has 0 bridgehead atoms. The van der Waals surface area contributed by atoms with Crippen LogP contribution < -0.4 is 4.90 Å². The number of hydrogen-bond donors (Lipinski definition) is 0. The predicted molar refractivity (Wildman–Crippen MR) is 237 cm³/mol. The van der Waals surface area contributed by atoms with E-state index in [4.69, 9.17) is 0 Å². The summed E-state index contributed by atoms with van der Waals surface area (Å²) < 4.78 is 0. The monoisotopic (exact) mass is 719 g/mol. The van der Waals surface area contributed by atoms with Crippen molar-refractivity contribution in [1.29, 1.82) is 0 Å². The van der Waals surface area contributed by atoms with Crippen LogP contribution in [0.1, 0.15) is 74.9 Å². The van der Waals surface area contributed by atoms with Crippen molar-refractivity contribution in [2.75, 3.05) is 4.90 Å². The molecule has 0 radical (unpaired) electrons. The number of hydrogen-bond acceptors (Lipinski definition) is 1. The summed E-state index contributed by atoms with van der Waals surface area (Å²) >= 11 is 0. The second-order valence-electron chi connectivity index (χ2n) is 17.7. The Bertz CT molecular complexity index is 2830. The normalized spacial score (nSPS) is 15.8. The molecule has 0 N–H and O–H groups in total. The SMILES string of the molecule is CC1(C)c2ccccc2-c2ccc(N(c3ccc4c(c3)C(C)(C)c3ccccc3-4)c3cccc4c3C(C)(C)c3cccc5ccc(-c6ccccc6)c-4c35)cc21. The lowest BCUT2D eigenvalue weighted by Crippen LogP contribution is -2.27. The third-order valence-electron chi connectivity index (χ3n) is 13.6. The molecule has 0 saturated carbocycles. The predicted octanol–water partition coefficient (Wildman–Crippen LogP) is 14.9. The van der Waals surface area contributed by atoms with Gasteiger partial charge in [-0.2, -0.15) is 0 Å². The van der Waals surface area contributed by atoms with E-state index in [1.807, 2.05) is 0 Å². The fraction of sp³-hybridized carbons (Fsp3) is 0.164. The molecule has 3 aliphatic rings. The van der Waals surface area contributed by atoms with Crippen LogP contribution in [-0.2, 0) is 16.2 Å². The molecule has 3 aliphatic carbocycles. The van der Waals surface area contributed by atoms with Crippen molar-refractivity contribution in [1.82, 2.24) is 0 Å². The third kappa shape index (κ3) is 4.37. The van der Waals surface area contributed by atoms with Crippen molar-refractivity contribution >= 4 is 27.8 Å². The molecule has 8 aromatic carbocycles. The summed E-state index contributed by atoms with van der Waals surface area (Å²) in [5.41, 5.74) is 21.9. The van der Waals surface area contributed by atoms with E-state index >= 15 is 0 Å². The number of rotatable bonds is 4. The fourth-order valence-corrected chi connectivity index (χ4v) is 10.9. The Morgan fingerprint density at radius 2 is 0.857 bits per heavy atom. The van der Waals surface area contributed by atoms with Gasteiger partial charge < -0.3 is 4.90 Å². The molecule has 8 aromatic rings. The second kappa shape index (κ2) is 11.4. The molecule has 1 nitrogen and oxygen atoms in total. The number of anilines is 3. The van der Waals surface area contributed by atoms with Gasteiger partial charge in [0.15, 0.2) is 0 Å². The minimum Gasteiger partial charge on any atom is -0.310 e. The zero-order chi connectivity index (χ0) is 38.1. The van der Waals surface area contributed by atoms with Crippen molar-refractivity contribution < 1.29 is 0 Å². The lowest BCUT2D eigenvalue weighted by Gasteiger charge is -2.40. The van der Waals surface area contributed by atoms with Gasteiger partial charge in [-0.15, -0.1) is 0 Å². The van der Waals surface area contributed by atoms with Crippen LogP contribution in [0, 0.1) is 0 Å². The van der Waals surface area contributed by atoms with E-state index in [9.17, 15) is 0 Å². The molecule has 0 amide bonds. The van der Waals surface area contributed by atoms with Gasteiger partial charge in [0.05, 0.1) is 5.69 Å². The van der Waals surface area contributed by atoms with Crippen LogP contribution in [-0.4, -0.2) is 0 Å². The maximum absolute atomic E-state index is 2.58. The minimum absolute atomic E-state index is 0.121. The smallest absolute Gasteiger partial charge is 0.0508 e. The number of nitrogens with zero attached hydrogens (tertiary/aromatic N) is 1. The van der Waals surface area contributed by atoms with Crippen LogP contribution >= 0.6 is 0 Å². The molecule has 0 saturated heterocycles. The first kappa shape index (κ1) is 33.2. The van der Waals surface area contributed by atoms with Crippen molar-refractivity contribution in [2.45, 2.75) is 57.8 Å².